The number of benzene rings is 1. The Morgan fingerprint density at radius 3 is 2.36 bits per heavy atom. The van der Waals surface area contributed by atoms with Crippen molar-refractivity contribution in [3.05, 3.63) is 23.8 Å². The number of carbonyl (C=O) groups is 1. The molecule has 0 atom stereocenters. The third-order valence-corrected chi connectivity index (χ3v) is 2.13. The second-order valence-electron chi connectivity index (χ2n) is 3.19. The predicted molar refractivity (Wildman–Crippen MR) is 53.4 cm³/mol. The van der Waals surface area contributed by atoms with Crippen LogP contribution in [-0.4, -0.2) is 16.5 Å². The summed E-state index contributed by atoms with van der Waals surface area (Å²) in [7, 11) is 0. The summed E-state index contributed by atoms with van der Waals surface area (Å²) in [6.07, 6.45) is 3.60. The fraction of sp³-hybridized carbons (Fsp3) is 0.364. The highest BCUT2D eigenvalue weighted by Gasteiger charge is 2.05. The molecule has 1 aromatic carbocycles. The van der Waals surface area contributed by atoms with Crippen molar-refractivity contribution in [3.8, 4) is 11.5 Å². The molecule has 3 heteroatoms. The molecule has 76 valence electrons. The molecule has 1 aromatic rings. The van der Waals surface area contributed by atoms with Crippen LogP contribution in [0, 0.1) is 0 Å². The molecule has 0 spiro atoms. The minimum absolute atomic E-state index is 0.121. The third kappa shape index (κ3) is 2.76. The smallest absolute Gasteiger partial charge is 0.122 e. The number of phenolic OH excluding ortho intramolecular Hbond substituents is 2. The summed E-state index contributed by atoms with van der Waals surface area (Å²) in [5.41, 5.74) is 0.568. The molecule has 0 amide bonds. The second kappa shape index (κ2) is 5.27. The Bertz CT molecular complexity index is 287. The number of carbonyl (C=O) groups excluding carboxylic acids is 1. The van der Waals surface area contributed by atoms with Gasteiger partial charge in [0.2, 0.25) is 0 Å². The quantitative estimate of drug-likeness (QED) is 0.556. The van der Waals surface area contributed by atoms with Gasteiger partial charge in [0.05, 0.1) is 0 Å². The van der Waals surface area contributed by atoms with E-state index < -0.39 is 0 Å². The molecule has 0 heterocycles. The zero-order chi connectivity index (χ0) is 10.4. The lowest BCUT2D eigenvalue weighted by Crippen LogP contribution is -1.88. The van der Waals surface area contributed by atoms with Crippen molar-refractivity contribution in [3.63, 3.8) is 0 Å². The standard InChI is InChI=1S/C11H14O3/c12-8-3-1-2-5-9-10(13)6-4-7-11(9)14/h4,6-8,13-14H,1-3,5H2. The molecule has 0 aliphatic rings. The van der Waals surface area contributed by atoms with Gasteiger partial charge in [-0.1, -0.05) is 6.07 Å². The van der Waals surface area contributed by atoms with E-state index in [9.17, 15) is 15.0 Å². The largest absolute Gasteiger partial charge is 0.508 e. The Balaban J connectivity index is 2.53. The number of hydrogen-bond donors (Lipinski definition) is 2. The maximum absolute atomic E-state index is 10.1. The molecule has 14 heavy (non-hydrogen) atoms. The zero-order valence-corrected chi connectivity index (χ0v) is 7.94. The van der Waals surface area contributed by atoms with Crippen molar-refractivity contribution in [2.24, 2.45) is 0 Å². The minimum Gasteiger partial charge on any atom is -0.508 e. The molecule has 0 aliphatic heterocycles. The van der Waals surface area contributed by atoms with Crippen LogP contribution in [0.4, 0.5) is 0 Å². The highest BCUT2D eigenvalue weighted by Crippen LogP contribution is 2.27. The van der Waals surface area contributed by atoms with Crippen LogP contribution in [0.3, 0.4) is 0 Å². The number of phenols is 2. The van der Waals surface area contributed by atoms with E-state index in [-0.39, 0.29) is 11.5 Å². The van der Waals surface area contributed by atoms with Crippen LogP contribution in [0.1, 0.15) is 24.8 Å². The second-order valence-corrected chi connectivity index (χ2v) is 3.19. The van der Waals surface area contributed by atoms with Crippen LogP contribution < -0.4 is 0 Å². The van der Waals surface area contributed by atoms with Crippen LogP contribution in [0.15, 0.2) is 18.2 Å². The maximum Gasteiger partial charge on any atom is 0.122 e. The zero-order valence-electron chi connectivity index (χ0n) is 7.94. The van der Waals surface area contributed by atoms with E-state index >= 15 is 0 Å². The van der Waals surface area contributed by atoms with Crippen molar-refractivity contribution in [2.75, 3.05) is 0 Å². The van der Waals surface area contributed by atoms with E-state index in [1.54, 1.807) is 18.2 Å². The fourth-order valence-electron chi connectivity index (χ4n) is 1.35. The van der Waals surface area contributed by atoms with Crippen molar-refractivity contribution in [1.29, 1.82) is 0 Å². The van der Waals surface area contributed by atoms with Gasteiger partial charge in [0.25, 0.3) is 0 Å². The van der Waals surface area contributed by atoms with Crippen LogP contribution in [0.5, 0.6) is 11.5 Å². The van der Waals surface area contributed by atoms with Crippen molar-refractivity contribution in [1.82, 2.24) is 0 Å². The summed E-state index contributed by atoms with van der Waals surface area (Å²) in [5.74, 6) is 0.243. The first kappa shape index (κ1) is 10.6. The van der Waals surface area contributed by atoms with Gasteiger partial charge in [-0.2, -0.15) is 0 Å². The van der Waals surface area contributed by atoms with Gasteiger partial charge in [-0.15, -0.1) is 0 Å². The molecule has 0 saturated heterocycles. The Kier molecular flexibility index (Phi) is 3.98. The normalized spacial score (nSPS) is 10.0. The van der Waals surface area contributed by atoms with E-state index in [1.807, 2.05) is 0 Å². The molecule has 1 rings (SSSR count). The van der Waals surface area contributed by atoms with Crippen molar-refractivity contribution in [2.45, 2.75) is 25.7 Å². The van der Waals surface area contributed by atoms with Crippen LogP contribution in [-0.2, 0) is 11.2 Å². The minimum atomic E-state index is 0.121. The Morgan fingerprint density at radius 1 is 1.14 bits per heavy atom. The molecule has 0 aromatic heterocycles. The predicted octanol–water partition coefficient (Wildman–Crippen LogP) is 2.01. The van der Waals surface area contributed by atoms with Crippen molar-refractivity contribution < 1.29 is 15.0 Å². The molecular formula is C11H14O3. The van der Waals surface area contributed by atoms with Crippen LogP contribution in [0.2, 0.25) is 0 Å². The third-order valence-electron chi connectivity index (χ3n) is 2.13. The molecule has 0 aliphatic carbocycles. The Morgan fingerprint density at radius 2 is 1.79 bits per heavy atom. The average molecular weight is 194 g/mol. The number of aromatic hydroxyl groups is 2. The highest BCUT2D eigenvalue weighted by molar-refractivity contribution is 5.49. The van der Waals surface area contributed by atoms with Gasteiger partial charge in [0.1, 0.15) is 17.8 Å². The average Bonchev–Trinajstić information content (AvgIpc) is 2.16. The molecule has 3 nitrogen and oxygen atoms in total. The van der Waals surface area contributed by atoms with E-state index in [0.717, 1.165) is 19.1 Å². The fourth-order valence-corrected chi connectivity index (χ4v) is 1.35. The lowest BCUT2D eigenvalue weighted by molar-refractivity contribution is -0.107. The number of hydrogen-bond acceptors (Lipinski definition) is 3. The van der Waals surface area contributed by atoms with Gasteiger partial charge in [0, 0.05) is 12.0 Å². The summed E-state index contributed by atoms with van der Waals surface area (Å²) in [6.45, 7) is 0. The summed E-state index contributed by atoms with van der Waals surface area (Å²) in [5, 5.41) is 18.8. The summed E-state index contributed by atoms with van der Waals surface area (Å²) < 4.78 is 0. The Labute approximate surface area is 83.0 Å². The van der Waals surface area contributed by atoms with E-state index in [4.69, 9.17) is 0 Å². The number of aldehydes is 1. The first-order valence-electron chi connectivity index (χ1n) is 4.69. The van der Waals surface area contributed by atoms with Gasteiger partial charge in [0.15, 0.2) is 0 Å². The van der Waals surface area contributed by atoms with Gasteiger partial charge >= 0.3 is 0 Å². The van der Waals surface area contributed by atoms with Gasteiger partial charge < -0.3 is 15.0 Å². The van der Waals surface area contributed by atoms with E-state index in [0.29, 0.717) is 18.4 Å². The summed E-state index contributed by atoms with van der Waals surface area (Å²) in [4.78, 5) is 10.1. The number of unbranched alkanes of at least 4 members (excludes halogenated alkanes) is 2. The summed E-state index contributed by atoms with van der Waals surface area (Å²) in [6, 6.07) is 4.70. The van der Waals surface area contributed by atoms with E-state index in [1.165, 1.54) is 0 Å². The lowest BCUT2D eigenvalue weighted by Gasteiger charge is -2.05. The highest BCUT2D eigenvalue weighted by atomic mass is 16.3. The first-order chi connectivity index (χ1) is 6.75. The monoisotopic (exact) mass is 194 g/mol. The molecular weight excluding hydrogens is 180 g/mol. The molecule has 0 bridgehead atoms. The molecule has 2 N–H and O–H groups in total. The Hall–Kier alpha value is -1.51. The topological polar surface area (TPSA) is 57.5 Å². The molecule has 0 fully saturated rings. The first-order valence-corrected chi connectivity index (χ1v) is 4.69. The number of rotatable bonds is 5. The van der Waals surface area contributed by atoms with Gasteiger partial charge in [-0.05, 0) is 31.4 Å². The van der Waals surface area contributed by atoms with Gasteiger partial charge in [-0.3, -0.25) is 0 Å². The van der Waals surface area contributed by atoms with E-state index in [2.05, 4.69) is 0 Å². The lowest BCUT2D eigenvalue weighted by atomic mass is 10.1. The summed E-state index contributed by atoms with van der Waals surface area (Å²) >= 11 is 0. The molecule has 0 unspecified atom stereocenters. The van der Waals surface area contributed by atoms with Crippen molar-refractivity contribution >= 4 is 6.29 Å². The molecule has 0 radical (unpaired) electrons. The molecule has 0 saturated carbocycles. The van der Waals surface area contributed by atoms with Gasteiger partial charge in [-0.25, -0.2) is 0 Å². The van der Waals surface area contributed by atoms with Crippen LogP contribution >= 0.6 is 0 Å². The maximum atomic E-state index is 10.1. The van der Waals surface area contributed by atoms with Crippen LogP contribution in [0.25, 0.3) is 0 Å². The SMILES string of the molecule is O=CCCCCc1c(O)cccc1O.